The minimum Gasteiger partial charge on any atom is -0.475 e. The molecule has 3 rings (SSSR count). The summed E-state index contributed by atoms with van der Waals surface area (Å²) in [4.78, 5) is 8.79. The van der Waals surface area contributed by atoms with E-state index in [4.69, 9.17) is 4.74 Å². The van der Waals surface area contributed by atoms with Gasteiger partial charge in [0.2, 0.25) is 5.88 Å². The maximum atomic E-state index is 5.57. The maximum absolute atomic E-state index is 5.57. The summed E-state index contributed by atoms with van der Waals surface area (Å²) in [6, 6.07) is 3.82. The van der Waals surface area contributed by atoms with Crippen LogP contribution in [0, 0.1) is 0 Å². The molecule has 0 atom stereocenters. The molecule has 0 unspecified atom stereocenters. The number of hydrogen-bond donors (Lipinski definition) is 0. The molecule has 0 N–H and O–H groups in total. The Kier molecular flexibility index (Phi) is 3.75. The molecule has 0 aliphatic carbocycles. The van der Waals surface area contributed by atoms with Gasteiger partial charge in [-0.05, 0) is 19.9 Å². The van der Waals surface area contributed by atoms with E-state index in [1.165, 1.54) is 0 Å². The van der Waals surface area contributed by atoms with E-state index in [-0.39, 0.29) is 11.5 Å². The summed E-state index contributed by atoms with van der Waals surface area (Å²) in [6.07, 6.45) is 5.56. The minimum atomic E-state index is -0.0920. The first-order chi connectivity index (χ1) is 10.8. The molecule has 0 saturated carbocycles. The zero-order valence-corrected chi connectivity index (χ0v) is 14.1. The zero-order chi connectivity index (χ0) is 16.6. The molecule has 3 heterocycles. The van der Waals surface area contributed by atoms with Crippen molar-refractivity contribution >= 4 is 5.65 Å². The Morgan fingerprint density at radius 1 is 1.04 bits per heavy atom. The van der Waals surface area contributed by atoms with Crippen molar-refractivity contribution in [1.82, 2.24) is 24.6 Å². The molecular formula is C17H21N5O. The molecule has 120 valence electrons. The lowest BCUT2D eigenvalue weighted by molar-refractivity contribution is 0.232. The third kappa shape index (κ3) is 3.16. The van der Waals surface area contributed by atoms with Gasteiger partial charge in [0.15, 0.2) is 5.65 Å². The summed E-state index contributed by atoms with van der Waals surface area (Å²) in [5, 5.41) is 8.47. The predicted molar refractivity (Wildman–Crippen MR) is 88.5 cm³/mol. The van der Waals surface area contributed by atoms with Crippen LogP contribution in [-0.4, -0.2) is 30.7 Å². The van der Waals surface area contributed by atoms with Crippen LogP contribution >= 0.6 is 0 Å². The molecule has 0 fully saturated rings. The molecule has 6 heteroatoms. The summed E-state index contributed by atoms with van der Waals surface area (Å²) >= 11 is 0. The van der Waals surface area contributed by atoms with E-state index in [0.29, 0.717) is 5.88 Å². The number of rotatable bonds is 3. The van der Waals surface area contributed by atoms with Crippen LogP contribution in [0.3, 0.4) is 0 Å². The van der Waals surface area contributed by atoms with Gasteiger partial charge in [-0.15, -0.1) is 10.2 Å². The normalized spacial score (nSPS) is 12.1. The van der Waals surface area contributed by atoms with Gasteiger partial charge >= 0.3 is 0 Å². The van der Waals surface area contributed by atoms with Crippen LogP contribution in [0.25, 0.3) is 16.9 Å². The van der Waals surface area contributed by atoms with E-state index >= 15 is 0 Å². The van der Waals surface area contributed by atoms with Crippen molar-refractivity contribution in [3.05, 3.63) is 36.5 Å². The summed E-state index contributed by atoms with van der Waals surface area (Å²) in [5.41, 5.74) is 2.40. The van der Waals surface area contributed by atoms with Gasteiger partial charge in [-0.2, -0.15) is 0 Å². The van der Waals surface area contributed by atoms with Gasteiger partial charge in [0.05, 0.1) is 18.0 Å². The Morgan fingerprint density at radius 2 is 1.83 bits per heavy atom. The standard InChI is InChI=1S/C17H21N5O/c1-11(2)23-15-7-6-12(8-19-15)13-10-22-14(9-18-13)20-21-16(22)17(3,4)5/h6-11H,1-5H3. The lowest BCUT2D eigenvalue weighted by atomic mass is 9.96. The monoisotopic (exact) mass is 311 g/mol. The first-order valence-corrected chi connectivity index (χ1v) is 7.69. The second-order valence-corrected chi connectivity index (χ2v) is 6.83. The van der Waals surface area contributed by atoms with Crippen LogP contribution in [0.4, 0.5) is 0 Å². The zero-order valence-electron chi connectivity index (χ0n) is 14.1. The quantitative estimate of drug-likeness (QED) is 0.742. The first-order valence-electron chi connectivity index (χ1n) is 7.69. The highest BCUT2D eigenvalue weighted by Crippen LogP contribution is 2.23. The maximum Gasteiger partial charge on any atom is 0.213 e. The molecule has 3 aromatic rings. The van der Waals surface area contributed by atoms with E-state index in [1.807, 2.05) is 36.6 Å². The van der Waals surface area contributed by atoms with Crippen molar-refractivity contribution in [1.29, 1.82) is 0 Å². The van der Waals surface area contributed by atoms with E-state index in [2.05, 4.69) is 40.9 Å². The summed E-state index contributed by atoms with van der Waals surface area (Å²) in [6.45, 7) is 10.3. The Morgan fingerprint density at radius 3 is 2.43 bits per heavy atom. The first kappa shape index (κ1) is 15.4. The molecule has 23 heavy (non-hydrogen) atoms. The fraction of sp³-hybridized carbons (Fsp3) is 0.412. The Bertz CT molecular complexity index is 815. The third-order valence-corrected chi connectivity index (χ3v) is 3.35. The van der Waals surface area contributed by atoms with Crippen LogP contribution in [0.5, 0.6) is 5.88 Å². The van der Waals surface area contributed by atoms with Gasteiger partial charge in [-0.1, -0.05) is 20.8 Å². The summed E-state index contributed by atoms with van der Waals surface area (Å²) in [5.74, 6) is 1.52. The Hall–Kier alpha value is -2.50. The molecule has 0 amide bonds. The number of hydrogen-bond acceptors (Lipinski definition) is 5. The van der Waals surface area contributed by atoms with Crippen LogP contribution in [0.2, 0.25) is 0 Å². The summed E-state index contributed by atoms with van der Waals surface area (Å²) < 4.78 is 7.56. The lowest BCUT2D eigenvalue weighted by Gasteiger charge is -2.15. The predicted octanol–water partition coefficient (Wildman–Crippen LogP) is 3.27. The third-order valence-electron chi connectivity index (χ3n) is 3.35. The van der Waals surface area contributed by atoms with Crippen LogP contribution in [0.1, 0.15) is 40.4 Å². The van der Waals surface area contributed by atoms with Gasteiger partial charge in [-0.25, -0.2) is 4.98 Å². The molecule has 0 radical (unpaired) electrons. The van der Waals surface area contributed by atoms with Crippen molar-refractivity contribution in [3.8, 4) is 17.1 Å². The van der Waals surface area contributed by atoms with Crippen molar-refractivity contribution in [2.75, 3.05) is 0 Å². The topological polar surface area (TPSA) is 65.2 Å². The second kappa shape index (κ2) is 5.61. The van der Waals surface area contributed by atoms with Gasteiger partial charge in [0.1, 0.15) is 5.82 Å². The van der Waals surface area contributed by atoms with Crippen molar-refractivity contribution in [3.63, 3.8) is 0 Å². The minimum absolute atomic E-state index is 0.0920. The number of ether oxygens (including phenoxy) is 1. The lowest BCUT2D eigenvalue weighted by Crippen LogP contribution is -2.16. The molecule has 0 bridgehead atoms. The molecule has 3 aromatic heterocycles. The van der Waals surface area contributed by atoms with Gasteiger partial charge < -0.3 is 4.74 Å². The summed E-state index contributed by atoms with van der Waals surface area (Å²) in [7, 11) is 0. The highest BCUT2D eigenvalue weighted by atomic mass is 16.5. The average Bonchev–Trinajstić information content (AvgIpc) is 2.90. The number of pyridine rings is 1. The molecule has 6 nitrogen and oxygen atoms in total. The van der Waals surface area contributed by atoms with Crippen molar-refractivity contribution in [2.24, 2.45) is 0 Å². The van der Waals surface area contributed by atoms with Gasteiger partial charge in [0, 0.05) is 29.4 Å². The van der Waals surface area contributed by atoms with Crippen LogP contribution in [0.15, 0.2) is 30.7 Å². The fourth-order valence-electron chi connectivity index (χ4n) is 2.31. The SMILES string of the molecule is CC(C)Oc1ccc(-c2cn3c(C(C)(C)C)nnc3cn2)cn1. The van der Waals surface area contributed by atoms with E-state index < -0.39 is 0 Å². The number of nitrogens with zero attached hydrogens (tertiary/aromatic N) is 5. The van der Waals surface area contributed by atoms with E-state index in [0.717, 1.165) is 22.7 Å². The van der Waals surface area contributed by atoms with Gasteiger partial charge in [-0.3, -0.25) is 9.38 Å². The number of fused-ring (bicyclic) bond motifs is 1. The molecule has 0 aliphatic rings. The van der Waals surface area contributed by atoms with Crippen molar-refractivity contribution < 1.29 is 4.74 Å². The van der Waals surface area contributed by atoms with Crippen LogP contribution < -0.4 is 4.74 Å². The number of aromatic nitrogens is 5. The van der Waals surface area contributed by atoms with E-state index in [9.17, 15) is 0 Å². The molecule has 0 aromatic carbocycles. The molecule has 0 spiro atoms. The van der Waals surface area contributed by atoms with Crippen LogP contribution in [-0.2, 0) is 5.41 Å². The molecule has 0 aliphatic heterocycles. The smallest absolute Gasteiger partial charge is 0.213 e. The largest absolute Gasteiger partial charge is 0.475 e. The highest BCUT2D eigenvalue weighted by Gasteiger charge is 2.21. The Labute approximate surface area is 135 Å². The van der Waals surface area contributed by atoms with Gasteiger partial charge in [0.25, 0.3) is 0 Å². The molecule has 0 saturated heterocycles. The Balaban J connectivity index is 2.00. The average molecular weight is 311 g/mol. The van der Waals surface area contributed by atoms with Crippen molar-refractivity contribution in [2.45, 2.75) is 46.1 Å². The fourth-order valence-corrected chi connectivity index (χ4v) is 2.31. The highest BCUT2D eigenvalue weighted by molar-refractivity contribution is 5.59. The second-order valence-electron chi connectivity index (χ2n) is 6.83. The van der Waals surface area contributed by atoms with E-state index in [1.54, 1.807) is 12.4 Å². The molecular weight excluding hydrogens is 290 g/mol.